The van der Waals surface area contributed by atoms with Crippen molar-refractivity contribution in [1.82, 2.24) is 0 Å². The standard InChI is InChI=1S/C24H29IO5/c1-23(2,17-7-10-22(21(25)11-17)28-13-19-12-27-19)16-5-8-18(9-6-16)26-14-20-15-29-24(3,4)30-20/h5-11,19-20H,12-15H2,1-4H3. The molecule has 2 fully saturated rings. The number of epoxide rings is 1. The molecular weight excluding hydrogens is 495 g/mol. The molecule has 0 aromatic heterocycles. The largest absolute Gasteiger partial charge is 0.491 e. The topological polar surface area (TPSA) is 49.5 Å². The molecule has 2 atom stereocenters. The Labute approximate surface area is 192 Å². The molecule has 4 rings (SSSR count). The molecule has 0 aliphatic carbocycles. The summed E-state index contributed by atoms with van der Waals surface area (Å²) in [6, 6.07) is 14.7. The van der Waals surface area contributed by atoms with E-state index in [0.29, 0.717) is 19.8 Å². The molecule has 0 radical (unpaired) electrons. The number of hydrogen-bond donors (Lipinski definition) is 0. The van der Waals surface area contributed by atoms with Gasteiger partial charge in [-0.1, -0.05) is 32.0 Å². The zero-order chi connectivity index (χ0) is 21.4. The number of halogens is 1. The molecule has 0 amide bonds. The summed E-state index contributed by atoms with van der Waals surface area (Å²) in [6.45, 7) is 10.8. The summed E-state index contributed by atoms with van der Waals surface area (Å²) < 4.78 is 29.5. The third kappa shape index (κ3) is 5.28. The van der Waals surface area contributed by atoms with Crippen LogP contribution in [0.2, 0.25) is 0 Å². The van der Waals surface area contributed by atoms with Crippen molar-refractivity contribution < 1.29 is 23.7 Å². The van der Waals surface area contributed by atoms with Gasteiger partial charge in [-0.25, -0.2) is 0 Å². The lowest BCUT2D eigenvalue weighted by molar-refractivity contribution is -0.141. The maximum absolute atomic E-state index is 5.91. The molecule has 2 unspecified atom stereocenters. The van der Waals surface area contributed by atoms with Gasteiger partial charge in [-0.05, 0) is 71.8 Å². The first-order chi connectivity index (χ1) is 14.2. The Balaban J connectivity index is 1.39. The minimum absolute atomic E-state index is 0.0367. The molecule has 2 aromatic rings. The van der Waals surface area contributed by atoms with Gasteiger partial charge in [0.05, 0.1) is 16.8 Å². The Morgan fingerprint density at radius 1 is 0.967 bits per heavy atom. The van der Waals surface area contributed by atoms with Crippen molar-refractivity contribution in [2.75, 3.05) is 26.4 Å². The Morgan fingerprint density at radius 3 is 2.23 bits per heavy atom. The average Bonchev–Trinajstić information content (AvgIpc) is 3.47. The van der Waals surface area contributed by atoms with E-state index in [1.807, 2.05) is 26.0 Å². The summed E-state index contributed by atoms with van der Waals surface area (Å²) in [5.41, 5.74) is 2.34. The lowest BCUT2D eigenvalue weighted by Gasteiger charge is -2.27. The molecule has 0 spiro atoms. The fourth-order valence-electron chi connectivity index (χ4n) is 3.52. The summed E-state index contributed by atoms with van der Waals surface area (Å²) in [4.78, 5) is 0. The van der Waals surface area contributed by atoms with Crippen LogP contribution in [0.3, 0.4) is 0 Å². The Bertz CT molecular complexity index is 874. The van der Waals surface area contributed by atoms with Crippen molar-refractivity contribution in [1.29, 1.82) is 0 Å². The van der Waals surface area contributed by atoms with Crippen LogP contribution >= 0.6 is 22.6 Å². The van der Waals surface area contributed by atoms with E-state index in [0.717, 1.165) is 21.7 Å². The molecule has 2 heterocycles. The summed E-state index contributed by atoms with van der Waals surface area (Å²) >= 11 is 2.34. The Morgan fingerprint density at radius 2 is 1.63 bits per heavy atom. The molecule has 0 bridgehead atoms. The molecule has 2 aromatic carbocycles. The highest BCUT2D eigenvalue weighted by Gasteiger charge is 2.33. The van der Waals surface area contributed by atoms with E-state index in [4.69, 9.17) is 23.7 Å². The lowest BCUT2D eigenvalue weighted by atomic mass is 9.78. The summed E-state index contributed by atoms with van der Waals surface area (Å²) in [6.07, 6.45) is 0.224. The number of ether oxygens (including phenoxy) is 5. The smallest absolute Gasteiger partial charge is 0.163 e. The first-order valence-electron chi connectivity index (χ1n) is 10.3. The highest BCUT2D eigenvalue weighted by Crippen LogP contribution is 2.35. The predicted octanol–water partition coefficient (Wildman–Crippen LogP) is 4.93. The minimum Gasteiger partial charge on any atom is -0.491 e. The van der Waals surface area contributed by atoms with E-state index in [2.05, 4.69) is 66.8 Å². The number of benzene rings is 2. The Hall–Kier alpha value is -1.35. The van der Waals surface area contributed by atoms with Crippen LogP contribution in [-0.4, -0.2) is 44.4 Å². The van der Waals surface area contributed by atoms with Crippen LogP contribution in [0.5, 0.6) is 11.5 Å². The van der Waals surface area contributed by atoms with Crippen LogP contribution in [0.15, 0.2) is 42.5 Å². The summed E-state index contributed by atoms with van der Waals surface area (Å²) in [7, 11) is 0. The van der Waals surface area contributed by atoms with E-state index >= 15 is 0 Å². The second-order valence-corrected chi connectivity index (χ2v) is 9.98. The average molecular weight is 524 g/mol. The highest BCUT2D eigenvalue weighted by molar-refractivity contribution is 14.1. The van der Waals surface area contributed by atoms with Crippen LogP contribution in [0, 0.1) is 3.57 Å². The molecule has 2 aliphatic rings. The normalized spacial score (nSPS) is 22.7. The van der Waals surface area contributed by atoms with E-state index in [-0.39, 0.29) is 17.6 Å². The maximum atomic E-state index is 5.91. The zero-order valence-electron chi connectivity index (χ0n) is 17.9. The maximum Gasteiger partial charge on any atom is 0.163 e. The van der Waals surface area contributed by atoms with Crippen LogP contribution in [0.25, 0.3) is 0 Å². The summed E-state index contributed by atoms with van der Waals surface area (Å²) in [5, 5.41) is 0. The van der Waals surface area contributed by atoms with E-state index < -0.39 is 5.79 Å². The second kappa shape index (κ2) is 8.65. The van der Waals surface area contributed by atoms with Gasteiger partial charge in [-0.3, -0.25) is 0 Å². The van der Waals surface area contributed by atoms with E-state index in [1.54, 1.807) is 0 Å². The molecular formula is C24H29IO5. The van der Waals surface area contributed by atoms with Crippen LogP contribution < -0.4 is 9.47 Å². The molecule has 6 heteroatoms. The van der Waals surface area contributed by atoms with Gasteiger partial charge >= 0.3 is 0 Å². The highest BCUT2D eigenvalue weighted by atomic mass is 127. The van der Waals surface area contributed by atoms with Gasteiger partial charge in [-0.15, -0.1) is 0 Å². The Kier molecular flexibility index (Phi) is 6.30. The summed E-state index contributed by atoms with van der Waals surface area (Å²) in [5.74, 6) is 1.23. The van der Waals surface area contributed by atoms with Gasteiger partial charge in [0.2, 0.25) is 0 Å². The third-order valence-corrected chi connectivity index (χ3v) is 6.40. The van der Waals surface area contributed by atoms with Crippen molar-refractivity contribution in [3.63, 3.8) is 0 Å². The van der Waals surface area contributed by atoms with Crippen molar-refractivity contribution in [3.8, 4) is 11.5 Å². The molecule has 0 saturated carbocycles. The molecule has 162 valence electrons. The van der Waals surface area contributed by atoms with Gasteiger partial charge in [-0.2, -0.15) is 0 Å². The van der Waals surface area contributed by atoms with E-state index in [9.17, 15) is 0 Å². The zero-order valence-corrected chi connectivity index (χ0v) is 20.1. The van der Waals surface area contributed by atoms with Crippen molar-refractivity contribution >= 4 is 22.6 Å². The van der Waals surface area contributed by atoms with Crippen molar-refractivity contribution in [2.45, 2.75) is 51.1 Å². The molecule has 0 N–H and O–H groups in total. The molecule has 2 aliphatic heterocycles. The van der Waals surface area contributed by atoms with Crippen LogP contribution in [0.1, 0.15) is 38.8 Å². The molecule has 30 heavy (non-hydrogen) atoms. The minimum atomic E-state index is -0.522. The quantitative estimate of drug-likeness (QED) is 0.363. The van der Waals surface area contributed by atoms with Gasteiger partial charge in [0.15, 0.2) is 5.79 Å². The van der Waals surface area contributed by atoms with Crippen LogP contribution in [0.4, 0.5) is 0 Å². The SMILES string of the molecule is CC1(C)OCC(COc2ccc(C(C)(C)c3ccc(OCC4CO4)c(I)c3)cc2)O1. The van der Waals surface area contributed by atoms with Gasteiger partial charge in [0.1, 0.15) is 36.9 Å². The second-order valence-electron chi connectivity index (χ2n) is 8.82. The fraction of sp³-hybridized carbons (Fsp3) is 0.500. The van der Waals surface area contributed by atoms with Crippen molar-refractivity contribution in [3.05, 3.63) is 57.2 Å². The van der Waals surface area contributed by atoms with Gasteiger partial charge in [0, 0.05) is 5.41 Å². The predicted molar refractivity (Wildman–Crippen MR) is 123 cm³/mol. The van der Waals surface area contributed by atoms with Crippen LogP contribution in [-0.2, 0) is 19.6 Å². The van der Waals surface area contributed by atoms with Gasteiger partial charge < -0.3 is 23.7 Å². The van der Waals surface area contributed by atoms with Gasteiger partial charge in [0.25, 0.3) is 0 Å². The molecule has 5 nitrogen and oxygen atoms in total. The molecule has 2 saturated heterocycles. The fourth-order valence-corrected chi connectivity index (χ4v) is 4.19. The number of rotatable bonds is 8. The first kappa shape index (κ1) is 21.9. The number of hydrogen-bond acceptors (Lipinski definition) is 5. The first-order valence-corrected chi connectivity index (χ1v) is 11.4. The monoisotopic (exact) mass is 524 g/mol. The third-order valence-electron chi connectivity index (χ3n) is 5.56. The lowest BCUT2D eigenvalue weighted by Crippen LogP contribution is -2.25. The van der Waals surface area contributed by atoms with E-state index in [1.165, 1.54) is 11.1 Å². The van der Waals surface area contributed by atoms with Crippen molar-refractivity contribution in [2.24, 2.45) is 0 Å².